The van der Waals surface area contributed by atoms with Crippen molar-refractivity contribution < 1.29 is 9.90 Å². The molecule has 0 radical (unpaired) electrons. The molecule has 122 valence electrons. The molecule has 2 aliphatic carbocycles. The van der Waals surface area contributed by atoms with Gasteiger partial charge in [-0.25, -0.2) is 0 Å². The standard InChI is InChI=1S/C18H33NO2/c1-13(2)12-17(18(20)21)19-16-11-7-6-10-15(16)14-8-4-3-5-9-14/h13-17,19H,3-12H2,1-2H3,(H,20,21). The third-order valence-corrected chi connectivity index (χ3v) is 5.50. The van der Waals surface area contributed by atoms with Gasteiger partial charge in [0.1, 0.15) is 6.04 Å². The zero-order chi connectivity index (χ0) is 15.2. The predicted molar refractivity (Wildman–Crippen MR) is 86.3 cm³/mol. The normalized spacial score (nSPS) is 29.5. The van der Waals surface area contributed by atoms with Gasteiger partial charge in [0, 0.05) is 6.04 Å². The first-order valence-corrected chi connectivity index (χ1v) is 9.06. The number of carbonyl (C=O) groups is 1. The minimum atomic E-state index is -0.670. The van der Waals surface area contributed by atoms with Gasteiger partial charge in [-0.15, -0.1) is 0 Å². The van der Waals surface area contributed by atoms with Gasteiger partial charge in [0.25, 0.3) is 0 Å². The summed E-state index contributed by atoms with van der Waals surface area (Å²) in [6.07, 6.45) is 12.7. The highest BCUT2D eigenvalue weighted by atomic mass is 16.4. The molecular weight excluding hydrogens is 262 g/mol. The van der Waals surface area contributed by atoms with Crippen LogP contribution in [-0.4, -0.2) is 23.2 Å². The van der Waals surface area contributed by atoms with Crippen molar-refractivity contribution in [2.45, 2.75) is 90.1 Å². The van der Waals surface area contributed by atoms with E-state index in [4.69, 9.17) is 0 Å². The molecule has 2 aliphatic rings. The molecule has 2 N–H and O–H groups in total. The zero-order valence-corrected chi connectivity index (χ0v) is 13.8. The maximum atomic E-state index is 11.5. The molecule has 3 nitrogen and oxygen atoms in total. The van der Waals surface area contributed by atoms with Crippen molar-refractivity contribution in [3.8, 4) is 0 Å². The molecule has 0 aliphatic heterocycles. The van der Waals surface area contributed by atoms with Crippen molar-refractivity contribution in [3.05, 3.63) is 0 Å². The molecule has 3 unspecified atom stereocenters. The summed E-state index contributed by atoms with van der Waals surface area (Å²) >= 11 is 0. The summed E-state index contributed by atoms with van der Waals surface area (Å²) in [4.78, 5) is 11.5. The smallest absolute Gasteiger partial charge is 0.320 e. The van der Waals surface area contributed by atoms with Crippen LogP contribution < -0.4 is 5.32 Å². The van der Waals surface area contributed by atoms with Crippen LogP contribution >= 0.6 is 0 Å². The van der Waals surface area contributed by atoms with Crippen LogP contribution in [0.5, 0.6) is 0 Å². The number of aliphatic carboxylic acids is 1. The number of carboxylic acids is 1. The van der Waals surface area contributed by atoms with Crippen molar-refractivity contribution in [1.82, 2.24) is 5.32 Å². The first kappa shape index (κ1) is 16.8. The fourth-order valence-electron chi connectivity index (χ4n) is 4.46. The van der Waals surface area contributed by atoms with Gasteiger partial charge in [-0.05, 0) is 37.0 Å². The summed E-state index contributed by atoms with van der Waals surface area (Å²) in [6, 6.07) is 0.0703. The lowest BCUT2D eigenvalue weighted by atomic mass is 9.70. The highest BCUT2D eigenvalue weighted by molar-refractivity contribution is 5.73. The minimum absolute atomic E-state index is 0.362. The van der Waals surface area contributed by atoms with Gasteiger partial charge in [0.05, 0.1) is 0 Å². The van der Waals surface area contributed by atoms with Crippen LogP contribution in [-0.2, 0) is 4.79 Å². The van der Waals surface area contributed by atoms with Crippen molar-refractivity contribution in [1.29, 1.82) is 0 Å². The molecule has 0 amide bonds. The molecule has 0 aromatic rings. The lowest BCUT2D eigenvalue weighted by molar-refractivity contribution is -0.140. The van der Waals surface area contributed by atoms with Gasteiger partial charge < -0.3 is 10.4 Å². The van der Waals surface area contributed by atoms with Crippen molar-refractivity contribution in [2.24, 2.45) is 17.8 Å². The number of hydrogen-bond acceptors (Lipinski definition) is 2. The lowest BCUT2D eigenvalue weighted by Gasteiger charge is -2.40. The Hall–Kier alpha value is -0.570. The minimum Gasteiger partial charge on any atom is -0.480 e. The molecule has 2 rings (SSSR count). The Morgan fingerprint density at radius 2 is 1.67 bits per heavy atom. The van der Waals surface area contributed by atoms with Crippen molar-refractivity contribution in [3.63, 3.8) is 0 Å². The fraction of sp³-hybridized carbons (Fsp3) is 0.944. The zero-order valence-electron chi connectivity index (χ0n) is 13.8. The van der Waals surface area contributed by atoms with Crippen LogP contribution in [0.4, 0.5) is 0 Å². The SMILES string of the molecule is CC(C)CC(NC1CCCCC1C1CCCCC1)C(=O)O. The molecule has 3 atom stereocenters. The molecule has 0 spiro atoms. The Morgan fingerprint density at radius 3 is 2.29 bits per heavy atom. The Kier molecular flexibility index (Phi) is 6.53. The number of rotatable bonds is 6. The number of hydrogen-bond donors (Lipinski definition) is 2. The molecule has 3 heteroatoms. The van der Waals surface area contributed by atoms with Crippen LogP contribution in [0.15, 0.2) is 0 Å². The second-order valence-electron chi connectivity index (χ2n) is 7.64. The van der Waals surface area contributed by atoms with E-state index in [0.29, 0.717) is 17.9 Å². The maximum Gasteiger partial charge on any atom is 0.320 e. The van der Waals surface area contributed by atoms with E-state index in [1.165, 1.54) is 57.8 Å². The number of nitrogens with one attached hydrogen (secondary N) is 1. The quantitative estimate of drug-likeness (QED) is 0.771. The summed E-state index contributed by atoms with van der Waals surface area (Å²) in [5, 5.41) is 13.0. The topological polar surface area (TPSA) is 49.3 Å². The van der Waals surface area contributed by atoms with Crippen LogP contribution in [0, 0.1) is 17.8 Å². The molecule has 0 bridgehead atoms. The first-order chi connectivity index (χ1) is 10.1. The molecule has 0 heterocycles. The van der Waals surface area contributed by atoms with Gasteiger partial charge in [0.2, 0.25) is 0 Å². The van der Waals surface area contributed by atoms with Gasteiger partial charge in [-0.2, -0.15) is 0 Å². The Labute approximate surface area is 129 Å². The fourth-order valence-corrected chi connectivity index (χ4v) is 4.46. The van der Waals surface area contributed by atoms with Gasteiger partial charge in [-0.1, -0.05) is 58.8 Å². The van der Waals surface area contributed by atoms with Gasteiger partial charge in [0.15, 0.2) is 0 Å². The van der Waals surface area contributed by atoms with E-state index >= 15 is 0 Å². The largest absolute Gasteiger partial charge is 0.480 e. The molecule has 21 heavy (non-hydrogen) atoms. The van der Waals surface area contributed by atoms with Crippen LogP contribution in [0.1, 0.15) is 78.1 Å². The molecule has 0 aromatic carbocycles. The van der Waals surface area contributed by atoms with Gasteiger partial charge >= 0.3 is 5.97 Å². The first-order valence-electron chi connectivity index (χ1n) is 9.06. The molecule has 0 aromatic heterocycles. The van der Waals surface area contributed by atoms with Crippen LogP contribution in [0.2, 0.25) is 0 Å². The molecular formula is C18H33NO2. The molecule has 0 saturated heterocycles. The van der Waals surface area contributed by atoms with E-state index in [2.05, 4.69) is 19.2 Å². The summed E-state index contributed by atoms with van der Waals surface area (Å²) in [6.45, 7) is 4.22. The van der Waals surface area contributed by atoms with Crippen molar-refractivity contribution >= 4 is 5.97 Å². The highest BCUT2D eigenvalue weighted by Crippen LogP contribution is 2.38. The second kappa shape index (κ2) is 8.17. The van der Waals surface area contributed by atoms with E-state index in [-0.39, 0.29) is 6.04 Å². The average Bonchev–Trinajstić information content (AvgIpc) is 2.47. The van der Waals surface area contributed by atoms with Crippen LogP contribution in [0.25, 0.3) is 0 Å². The van der Waals surface area contributed by atoms with E-state index in [1.807, 2.05) is 0 Å². The molecule has 2 fully saturated rings. The van der Waals surface area contributed by atoms with Gasteiger partial charge in [-0.3, -0.25) is 4.79 Å². The van der Waals surface area contributed by atoms with E-state index in [9.17, 15) is 9.90 Å². The lowest BCUT2D eigenvalue weighted by Crippen LogP contribution is -2.50. The van der Waals surface area contributed by atoms with Crippen LogP contribution in [0.3, 0.4) is 0 Å². The summed E-state index contributed by atoms with van der Waals surface area (Å²) in [5.41, 5.74) is 0. The monoisotopic (exact) mass is 295 g/mol. The van der Waals surface area contributed by atoms with Crippen molar-refractivity contribution in [2.75, 3.05) is 0 Å². The summed E-state index contributed by atoms with van der Waals surface area (Å²) < 4.78 is 0. The Balaban J connectivity index is 1.97. The van der Waals surface area contributed by atoms with E-state index < -0.39 is 5.97 Å². The second-order valence-corrected chi connectivity index (χ2v) is 7.64. The predicted octanol–water partition coefficient (Wildman–Crippen LogP) is 4.21. The third-order valence-electron chi connectivity index (χ3n) is 5.50. The summed E-state index contributed by atoms with van der Waals surface area (Å²) in [7, 11) is 0. The summed E-state index contributed by atoms with van der Waals surface area (Å²) in [5.74, 6) is 1.31. The highest BCUT2D eigenvalue weighted by Gasteiger charge is 2.34. The third kappa shape index (κ3) is 4.98. The maximum absolute atomic E-state index is 11.5. The Morgan fingerprint density at radius 1 is 1.05 bits per heavy atom. The average molecular weight is 295 g/mol. The van der Waals surface area contributed by atoms with E-state index in [0.717, 1.165) is 12.3 Å². The number of carboxylic acid groups (broad SMARTS) is 1. The Bertz CT molecular complexity index is 323. The molecule has 2 saturated carbocycles. The van der Waals surface area contributed by atoms with E-state index in [1.54, 1.807) is 0 Å².